The average molecular weight is 921 g/mol. The van der Waals surface area contributed by atoms with Crippen molar-refractivity contribution in [1.29, 1.82) is 0 Å². The number of hydrogen-bond acceptors (Lipinski definition) is 4. The van der Waals surface area contributed by atoms with E-state index in [9.17, 15) is 20.1 Å². The van der Waals surface area contributed by atoms with Crippen LogP contribution in [-0.4, -0.2) is 46.1 Å². The highest BCUT2D eigenvalue weighted by Gasteiger charge is 2.21. The lowest BCUT2D eigenvalue weighted by molar-refractivity contribution is -0.125. The molecule has 0 radical (unpaired) electrons. The Kier molecular flexibility index (Phi) is 55.4. The average Bonchev–Trinajstić information content (AvgIpc) is 3.30. The van der Waals surface area contributed by atoms with Crippen LogP contribution >= 0.6 is 0 Å². The Morgan fingerprint density at radius 1 is 0.323 bits per heavy atom. The van der Waals surface area contributed by atoms with Gasteiger partial charge in [-0.2, -0.15) is 0 Å². The standard InChI is InChI=1S/C60H121NO4/c1-3-5-7-9-11-13-15-17-19-20-21-22-23-24-25-26-27-28-29-30-31-32-33-34-35-36-37-38-40-41-43-45-47-49-51-53-57(63)55-60(65)61-58(56-62)59(64)54-52-50-48-46-44-42-39-18-16-14-12-10-8-6-4-2/h57-59,62-64H,3-56H2,1-2H3,(H,61,65). The van der Waals surface area contributed by atoms with Crippen LogP contribution in [0.3, 0.4) is 0 Å². The topological polar surface area (TPSA) is 89.8 Å². The summed E-state index contributed by atoms with van der Waals surface area (Å²) in [7, 11) is 0. The number of amides is 1. The first-order chi connectivity index (χ1) is 32.0. The van der Waals surface area contributed by atoms with Crippen LogP contribution in [-0.2, 0) is 4.79 Å². The maximum atomic E-state index is 12.5. The molecule has 0 aliphatic carbocycles. The van der Waals surface area contributed by atoms with Crippen LogP contribution in [0.5, 0.6) is 0 Å². The molecule has 0 aromatic rings. The highest BCUT2D eigenvalue weighted by atomic mass is 16.3. The normalized spacial score (nSPS) is 13.1. The number of carbonyl (C=O) groups is 1. The summed E-state index contributed by atoms with van der Waals surface area (Å²) in [5.41, 5.74) is 0. The van der Waals surface area contributed by atoms with Gasteiger partial charge in [0.05, 0.1) is 31.3 Å². The van der Waals surface area contributed by atoms with E-state index in [1.165, 1.54) is 295 Å². The van der Waals surface area contributed by atoms with Gasteiger partial charge in [-0.15, -0.1) is 0 Å². The van der Waals surface area contributed by atoms with Gasteiger partial charge in [-0.3, -0.25) is 4.79 Å². The molecule has 390 valence electrons. The van der Waals surface area contributed by atoms with E-state index in [4.69, 9.17) is 0 Å². The molecule has 0 saturated heterocycles. The van der Waals surface area contributed by atoms with Crippen LogP contribution in [0.1, 0.15) is 354 Å². The minimum absolute atomic E-state index is 0.0435. The molecule has 65 heavy (non-hydrogen) atoms. The van der Waals surface area contributed by atoms with E-state index in [0.717, 1.165) is 25.7 Å². The predicted octanol–water partition coefficient (Wildman–Crippen LogP) is 18.9. The fourth-order valence-electron chi connectivity index (χ4n) is 10.1. The van der Waals surface area contributed by atoms with Crippen molar-refractivity contribution in [1.82, 2.24) is 5.32 Å². The van der Waals surface area contributed by atoms with Crippen LogP contribution in [0, 0.1) is 0 Å². The van der Waals surface area contributed by atoms with Crippen LogP contribution in [0.25, 0.3) is 0 Å². The van der Waals surface area contributed by atoms with Crippen LogP contribution in [0.2, 0.25) is 0 Å². The first-order valence-corrected chi connectivity index (χ1v) is 30.3. The molecule has 0 spiro atoms. The zero-order chi connectivity index (χ0) is 47.2. The molecule has 0 rings (SSSR count). The van der Waals surface area contributed by atoms with Crippen LogP contribution in [0.15, 0.2) is 0 Å². The molecule has 5 heteroatoms. The lowest BCUT2D eigenvalue weighted by atomic mass is 10.0. The molecule has 0 fully saturated rings. The van der Waals surface area contributed by atoms with E-state index in [1.807, 2.05) is 0 Å². The Morgan fingerprint density at radius 3 is 0.738 bits per heavy atom. The van der Waals surface area contributed by atoms with Gasteiger partial charge in [-0.25, -0.2) is 0 Å². The Balaban J connectivity index is 3.40. The quantitative estimate of drug-likeness (QED) is 0.0458. The Bertz CT molecular complexity index is 883. The third kappa shape index (κ3) is 52.6. The molecule has 3 atom stereocenters. The summed E-state index contributed by atoms with van der Waals surface area (Å²) in [5.74, 6) is -0.275. The first-order valence-electron chi connectivity index (χ1n) is 30.3. The highest BCUT2D eigenvalue weighted by molar-refractivity contribution is 5.76. The summed E-state index contributed by atoms with van der Waals surface area (Å²) < 4.78 is 0. The number of aliphatic hydroxyl groups excluding tert-OH is 3. The van der Waals surface area contributed by atoms with Crippen molar-refractivity contribution in [3.8, 4) is 0 Å². The first kappa shape index (κ1) is 64.3. The molecular weight excluding hydrogens is 799 g/mol. The molecule has 0 saturated carbocycles. The smallest absolute Gasteiger partial charge is 0.222 e. The monoisotopic (exact) mass is 920 g/mol. The van der Waals surface area contributed by atoms with Gasteiger partial charge in [-0.05, 0) is 12.8 Å². The second kappa shape index (κ2) is 55.9. The van der Waals surface area contributed by atoms with Gasteiger partial charge < -0.3 is 20.6 Å². The second-order valence-electron chi connectivity index (χ2n) is 21.3. The summed E-state index contributed by atoms with van der Waals surface area (Å²) in [4.78, 5) is 12.5. The van der Waals surface area contributed by atoms with Crippen LogP contribution < -0.4 is 5.32 Å². The van der Waals surface area contributed by atoms with E-state index < -0.39 is 18.2 Å². The van der Waals surface area contributed by atoms with Gasteiger partial charge in [0.2, 0.25) is 5.91 Å². The molecule has 0 aromatic carbocycles. The van der Waals surface area contributed by atoms with E-state index in [0.29, 0.717) is 12.8 Å². The Morgan fingerprint density at radius 2 is 0.523 bits per heavy atom. The van der Waals surface area contributed by atoms with Gasteiger partial charge >= 0.3 is 0 Å². The van der Waals surface area contributed by atoms with Gasteiger partial charge in [0.15, 0.2) is 0 Å². The third-order valence-electron chi connectivity index (χ3n) is 14.7. The lowest BCUT2D eigenvalue weighted by Gasteiger charge is -2.23. The number of carbonyl (C=O) groups excluding carboxylic acids is 1. The Hall–Kier alpha value is -0.650. The molecule has 1 amide bonds. The number of unbranched alkanes of at least 4 members (excludes halogenated alkanes) is 48. The molecule has 3 unspecified atom stereocenters. The summed E-state index contributed by atoms with van der Waals surface area (Å²) in [6.45, 7) is 4.30. The molecule has 0 aromatic heterocycles. The molecule has 0 bridgehead atoms. The van der Waals surface area contributed by atoms with Crippen LogP contribution in [0.4, 0.5) is 0 Å². The van der Waals surface area contributed by atoms with Crippen molar-refractivity contribution in [2.75, 3.05) is 6.61 Å². The summed E-state index contributed by atoms with van der Waals surface area (Å²) in [6, 6.07) is -0.654. The van der Waals surface area contributed by atoms with Gasteiger partial charge in [-0.1, -0.05) is 335 Å². The Labute approximate surface area is 408 Å². The summed E-state index contributed by atoms with van der Waals surface area (Å²) in [6.07, 6.45) is 68.7. The number of rotatable bonds is 57. The summed E-state index contributed by atoms with van der Waals surface area (Å²) >= 11 is 0. The van der Waals surface area contributed by atoms with Crippen molar-refractivity contribution in [3.63, 3.8) is 0 Å². The highest BCUT2D eigenvalue weighted by Crippen LogP contribution is 2.19. The zero-order valence-electron chi connectivity index (χ0n) is 44.7. The minimum Gasteiger partial charge on any atom is -0.394 e. The van der Waals surface area contributed by atoms with Crippen molar-refractivity contribution >= 4 is 5.91 Å². The van der Waals surface area contributed by atoms with Gasteiger partial charge in [0, 0.05) is 0 Å². The van der Waals surface area contributed by atoms with E-state index in [-0.39, 0.29) is 18.9 Å². The van der Waals surface area contributed by atoms with E-state index >= 15 is 0 Å². The molecule has 0 heterocycles. The second-order valence-corrected chi connectivity index (χ2v) is 21.3. The maximum Gasteiger partial charge on any atom is 0.222 e. The molecule has 0 aliphatic heterocycles. The molecule has 4 N–H and O–H groups in total. The van der Waals surface area contributed by atoms with Crippen molar-refractivity contribution in [3.05, 3.63) is 0 Å². The van der Waals surface area contributed by atoms with Crippen molar-refractivity contribution in [2.24, 2.45) is 0 Å². The van der Waals surface area contributed by atoms with E-state index in [1.54, 1.807) is 0 Å². The third-order valence-corrected chi connectivity index (χ3v) is 14.7. The predicted molar refractivity (Wildman–Crippen MR) is 287 cm³/mol. The fraction of sp³-hybridized carbons (Fsp3) is 0.983. The van der Waals surface area contributed by atoms with Gasteiger partial charge in [0.1, 0.15) is 0 Å². The number of nitrogens with one attached hydrogen (secondary N) is 1. The van der Waals surface area contributed by atoms with Gasteiger partial charge in [0.25, 0.3) is 0 Å². The SMILES string of the molecule is CCCCCCCCCCCCCCCCCCCCCCCCCCCCCCCCCCCCCC(O)CC(=O)NC(CO)C(O)CCCCCCCCCCCCCCCCC. The van der Waals surface area contributed by atoms with Crippen molar-refractivity contribution in [2.45, 2.75) is 372 Å². The summed E-state index contributed by atoms with van der Waals surface area (Å²) in [5, 5.41) is 33.6. The molecule has 0 aliphatic rings. The lowest BCUT2D eigenvalue weighted by Crippen LogP contribution is -2.46. The zero-order valence-corrected chi connectivity index (χ0v) is 44.7. The minimum atomic E-state index is -0.745. The number of aliphatic hydroxyl groups is 3. The van der Waals surface area contributed by atoms with Crippen molar-refractivity contribution < 1.29 is 20.1 Å². The number of hydrogen-bond donors (Lipinski definition) is 4. The van der Waals surface area contributed by atoms with E-state index in [2.05, 4.69) is 19.2 Å². The largest absolute Gasteiger partial charge is 0.394 e. The molecular formula is C60H121NO4. The maximum absolute atomic E-state index is 12.5. The molecule has 5 nitrogen and oxygen atoms in total. The fourth-order valence-corrected chi connectivity index (χ4v) is 10.1.